The van der Waals surface area contributed by atoms with Gasteiger partial charge in [-0.25, -0.2) is 0 Å². The Balaban J connectivity index is 1.71. The molecule has 2 heteroatoms. The van der Waals surface area contributed by atoms with Gasteiger partial charge in [0, 0.05) is 18.4 Å². The molecule has 1 aliphatic rings. The van der Waals surface area contributed by atoms with Crippen LogP contribution in [0.4, 0.5) is 0 Å². The molecular weight excluding hydrogens is 284 g/mol. The summed E-state index contributed by atoms with van der Waals surface area (Å²) in [5, 5.41) is 0. The van der Waals surface area contributed by atoms with Gasteiger partial charge in [0.1, 0.15) is 0 Å². The maximum atomic E-state index is 12.7. The first-order valence-electron chi connectivity index (χ1n) is 7.80. The second-order valence-corrected chi connectivity index (χ2v) is 6.11. The fourth-order valence-corrected chi connectivity index (χ4v) is 2.91. The molecule has 3 rings (SSSR count). The normalized spacial score (nSPS) is 14.7. The standard InChI is InChI=1S/C21H18O2/c1-2-16-9-6-10-18(13-16)15-20(23)21(11-12-21)19(22)14-17-7-4-3-5-8-17/h1,3-10,13H,11-12,14-15H2. The molecule has 2 aromatic carbocycles. The third-order valence-electron chi connectivity index (χ3n) is 4.48. The van der Waals surface area contributed by atoms with Gasteiger partial charge in [-0.05, 0) is 36.1 Å². The Morgan fingerprint density at radius 2 is 1.52 bits per heavy atom. The molecular formula is C21H18O2. The van der Waals surface area contributed by atoms with Crippen LogP contribution in [0.5, 0.6) is 0 Å². The van der Waals surface area contributed by atoms with Crippen molar-refractivity contribution < 1.29 is 9.59 Å². The summed E-state index contributed by atoms with van der Waals surface area (Å²) in [7, 11) is 0. The van der Waals surface area contributed by atoms with Crippen LogP contribution in [0.2, 0.25) is 0 Å². The van der Waals surface area contributed by atoms with Crippen molar-refractivity contribution in [1.82, 2.24) is 0 Å². The van der Waals surface area contributed by atoms with Crippen LogP contribution in [0.1, 0.15) is 29.5 Å². The van der Waals surface area contributed by atoms with E-state index in [-0.39, 0.29) is 18.0 Å². The predicted molar refractivity (Wildman–Crippen MR) is 89.9 cm³/mol. The van der Waals surface area contributed by atoms with Gasteiger partial charge in [-0.2, -0.15) is 0 Å². The molecule has 1 saturated carbocycles. The Labute approximate surface area is 136 Å². The summed E-state index contributed by atoms with van der Waals surface area (Å²) in [6.45, 7) is 0. The van der Waals surface area contributed by atoms with E-state index in [0.717, 1.165) is 16.7 Å². The van der Waals surface area contributed by atoms with E-state index in [9.17, 15) is 9.59 Å². The highest BCUT2D eigenvalue weighted by Gasteiger charge is 2.54. The summed E-state index contributed by atoms with van der Waals surface area (Å²) in [5.74, 6) is 2.64. The fourth-order valence-electron chi connectivity index (χ4n) is 2.91. The molecule has 1 fully saturated rings. The molecule has 2 nitrogen and oxygen atoms in total. The Hall–Kier alpha value is -2.66. The van der Waals surface area contributed by atoms with Gasteiger partial charge in [0.25, 0.3) is 0 Å². The van der Waals surface area contributed by atoms with Crippen molar-refractivity contribution >= 4 is 11.6 Å². The van der Waals surface area contributed by atoms with Crippen LogP contribution in [0.15, 0.2) is 54.6 Å². The zero-order valence-corrected chi connectivity index (χ0v) is 12.9. The van der Waals surface area contributed by atoms with Crippen molar-refractivity contribution in [2.75, 3.05) is 0 Å². The van der Waals surface area contributed by atoms with E-state index in [1.54, 1.807) is 0 Å². The highest BCUT2D eigenvalue weighted by molar-refractivity contribution is 6.10. The molecule has 1 aliphatic carbocycles. The number of hydrogen-bond acceptors (Lipinski definition) is 2. The van der Waals surface area contributed by atoms with Crippen molar-refractivity contribution in [3.8, 4) is 12.3 Å². The highest BCUT2D eigenvalue weighted by atomic mass is 16.2. The molecule has 0 saturated heterocycles. The molecule has 0 unspecified atom stereocenters. The molecule has 23 heavy (non-hydrogen) atoms. The number of terminal acetylenes is 1. The van der Waals surface area contributed by atoms with Crippen molar-refractivity contribution in [2.45, 2.75) is 25.7 Å². The molecule has 0 atom stereocenters. The Kier molecular flexibility index (Phi) is 4.12. The number of carbonyl (C=O) groups excluding carboxylic acids is 2. The molecule has 0 aliphatic heterocycles. The number of carbonyl (C=O) groups is 2. The Morgan fingerprint density at radius 3 is 2.13 bits per heavy atom. The van der Waals surface area contributed by atoms with Crippen LogP contribution in [0.3, 0.4) is 0 Å². The second kappa shape index (κ2) is 6.22. The lowest BCUT2D eigenvalue weighted by Crippen LogP contribution is -2.28. The zero-order chi connectivity index (χ0) is 16.3. The van der Waals surface area contributed by atoms with Crippen LogP contribution in [-0.4, -0.2) is 11.6 Å². The summed E-state index contributed by atoms with van der Waals surface area (Å²) in [5.41, 5.74) is 1.84. The van der Waals surface area contributed by atoms with E-state index in [0.29, 0.717) is 19.3 Å². The summed E-state index contributed by atoms with van der Waals surface area (Å²) < 4.78 is 0. The highest BCUT2D eigenvalue weighted by Crippen LogP contribution is 2.48. The van der Waals surface area contributed by atoms with E-state index < -0.39 is 5.41 Å². The maximum absolute atomic E-state index is 12.7. The minimum absolute atomic E-state index is 0.0209. The molecule has 0 spiro atoms. The minimum atomic E-state index is -0.762. The van der Waals surface area contributed by atoms with Crippen molar-refractivity contribution in [1.29, 1.82) is 0 Å². The fraction of sp³-hybridized carbons (Fsp3) is 0.238. The SMILES string of the molecule is C#Cc1cccc(CC(=O)C2(C(=O)Cc3ccccc3)CC2)c1. The van der Waals surface area contributed by atoms with Gasteiger partial charge in [0.2, 0.25) is 0 Å². The third kappa shape index (κ3) is 3.24. The smallest absolute Gasteiger partial charge is 0.150 e. The van der Waals surface area contributed by atoms with Crippen molar-refractivity contribution in [3.63, 3.8) is 0 Å². The van der Waals surface area contributed by atoms with Gasteiger partial charge in [-0.3, -0.25) is 9.59 Å². The van der Waals surface area contributed by atoms with E-state index in [2.05, 4.69) is 5.92 Å². The Morgan fingerprint density at radius 1 is 0.913 bits per heavy atom. The van der Waals surface area contributed by atoms with E-state index in [4.69, 9.17) is 6.42 Å². The van der Waals surface area contributed by atoms with Crippen LogP contribution in [0.25, 0.3) is 0 Å². The van der Waals surface area contributed by atoms with E-state index in [1.807, 2.05) is 54.6 Å². The quantitative estimate of drug-likeness (QED) is 0.605. The first-order valence-corrected chi connectivity index (χ1v) is 7.80. The maximum Gasteiger partial charge on any atom is 0.150 e. The van der Waals surface area contributed by atoms with Crippen LogP contribution in [0, 0.1) is 17.8 Å². The van der Waals surface area contributed by atoms with Gasteiger partial charge < -0.3 is 0 Å². The topological polar surface area (TPSA) is 34.1 Å². The predicted octanol–water partition coefficient (Wildman–Crippen LogP) is 3.37. The molecule has 0 N–H and O–H groups in total. The summed E-state index contributed by atoms with van der Waals surface area (Å²) in [4.78, 5) is 25.3. The van der Waals surface area contributed by atoms with E-state index >= 15 is 0 Å². The Bertz CT molecular complexity index is 777. The molecule has 0 bridgehead atoms. The van der Waals surface area contributed by atoms with E-state index in [1.165, 1.54) is 0 Å². The molecule has 0 radical (unpaired) electrons. The number of rotatable bonds is 6. The summed E-state index contributed by atoms with van der Waals surface area (Å²) in [6, 6.07) is 17.0. The van der Waals surface area contributed by atoms with Gasteiger partial charge in [-0.15, -0.1) is 6.42 Å². The first kappa shape index (κ1) is 15.2. The average Bonchev–Trinajstić information content (AvgIpc) is 3.38. The number of hydrogen-bond donors (Lipinski definition) is 0. The van der Waals surface area contributed by atoms with Crippen LogP contribution >= 0.6 is 0 Å². The average molecular weight is 302 g/mol. The molecule has 0 amide bonds. The summed E-state index contributed by atoms with van der Waals surface area (Å²) >= 11 is 0. The molecule has 2 aromatic rings. The number of Topliss-reactive ketones (excluding diaryl/α,β-unsaturated/α-hetero) is 2. The lowest BCUT2D eigenvalue weighted by molar-refractivity contribution is -0.133. The first-order chi connectivity index (χ1) is 11.1. The number of ketones is 2. The largest absolute Gasteiger partial charge is 0.298 e. The van der Waals surface area contributed by atoms with Gasteiger partial charge in [0.05, 0.1) is 5.41 Å². The van der Waals surface area contributed by atoms with Crippen LogP contribution in [-0.2, 0) is 22.4 Å². The summed E-state index contributed by atoms with van der Waals surface area (Å²) in [6.07, 6.45) is 7.34. The monoisotopic (exact) mass is 302 g/mol. The van der Waals surface area contributed by atoms with Crippen LogP contribution < -0.4 is 0 Å². The lowest BCUT2D eigenvalue weighted by atomic mass is 9.87. The molecule has 0 aromatic heterocycles. The lowest BCUT2D eigenvalue weighted by Gasteiger charge is -2.13. The van der Waals surface area contributed by atoms with Crippen molar-refractivity contribution in [3.05, 3.63) is 71.3 Å². The van der Waals surface area contributed by atoms with Gasteiger partial charge in [-0.1, -0.05) is 48.4 Å². The second-order valence-electron chi connectivity index (χ2n) is 6.11. The van der Waals surface area contributed by atoms with Gasteiger partial charge >= 0.3 is 0 Å². The third-order valence-corrected chi connectivity index (χ3v) is 4.48. The van der Waals surface area contributed by atoms with Gasteiger partial charge in [0.15, 0.2) is 11.6 Å². The molecule has 114 valence electrons. The number of benzene rings is 2. The zero-order valence-electron chi connectivity index (χ0n) is 12.9. The molecule has 0 heterocycles. The van der Waals surface area contributed by atoms with Crippen molar-refractivity contribution in [2.24, 2.45) is 5.41 Å². The minimum Gasteiger partial charge on any atom is -0.298 e.